The van der Waals surface area contributed by atoms with E-state index in [9.17, 15) is 19.5 Å². The van der Waals surface area contributed by atoms with Crippen molar-refractivity contribution in [2.45, 2.75) is 38.0 Å². The van der Waals surface area contributed by atoms with Crippen LogP contribution in [0.25, 0.3) is 0 Å². The van der Waals surface area contributed by atoms with Crippen LogP contribution in [-0.4, -0.2) is 34.3 Å². The van der Waals surface area contributed by atoms with E-state index in [-0.39, 0.29) is 11.8 Å². The molecule has 0 radical (unpaired) electrons. The summed E-state index contributed by atoms with van der Waals surface area (Å²) >= 11 is 0. The van der Waals surface area contributed by atoms with Crippen LogP contribution in [0.3, 0.4) is 0 Å². The lowest BCUT2D eigenvalue weighted by atomic mass is 9.89. The Kier molecular flexibility index (Phi) is 4.07. The second-order valence-electron chi connectivity index (χ2n) is 6.64. The summed E-state index contributed by atoms with van der Waals surface area (Å²) in [7, 11) is 0. The van der Waals surface area contributed by atoms with Crippen LogP contribution in [0.2, 0.25) is 0 Å². The Hall–Kier alpha value is -2.37. The number of carboxylic acid groups (broad SMARTS) is 1. The third-order valence-corrected chi connectivity index (χ3v) is 5.22. The molecule has 6 nitrogen and oxygen atoms in total. The quantitative estimate of drug-likeness (QED) is 0.451. The fourth-order valence-electron chi connectivity index (χ4n) is 3.97. The van der Waals surface area contributed by atoms with Crippen LogP contribution in [-0.2, 0) is 19.8 Å². The van der Waals surface area contributed by atoms with E-state index in [0.717, 1.165) is 25.7 Å². The number of anilines is 1. The number of amides is 2. The molecule has 0 spiro atoms. The van der Waals surface area contributed by atoms with Crippen LogP contribution >= 0.6 is 0 Å². The zero-order chi connectivity index (χ0) is 17.5. The number of hydrogen-bond donors (Lipinski definition) is 2. The summed E-state index contributed by atoms with van der Waals surface area (Å²) in [6.45, 7) is 2.48. The highest BCUT2D eigenvalue weighted by Crippen LogP contribution is 2.65. The van der Waals surface area contributed by atoms with E-state index >= 15 is 0 Å². The highest BCUT2D eigenvalue weighted by Gasteiger charge is 2.81. The van der Waals surface area contributed by atoms with Crippen molar-refractivity contribution in [1.29, 1.82) is 0 Å². The van der Waals surface area contributed by atoms with Crippen molar-refractivity contribution in [1.82, 2.24) is 4.90 Å². The van der Waals surface area contributed by atoms with Crippen LogP contribution in [0.1, 0.15) is 38.2 Å². The summed E-state index contributed by atoms with van der Waals surface area (Å²) in [6, 6.07) is 6.50. The molecule has 3 rings (SSSR count). The predicted molar refractivity (Wildman–Crippen MR) is 88.0 cm³/mol. The number of benzene rings is 1. The van der Waals surface area contributed by atoms with Crippen molar-refractivity contribution in [2.75, 3.05) is 12.3 Å². The monoisotopic (exact) mass is 330 g/mol. The Bertz CT molecular complexity index is 678. The highest BCUT2D eigenvalue weighted by atomic mass is 16.4. The maximum atomic E-state index is 12.6. The van der Waals surface area contributed by atoms with E-state index in [1.807, 2.05) is 0 Å². The molecule has 6 heteroatoms. The molecule has 3 N–H and O–H groups in total. The first-order chi connectivity index (χ1) is 11.5. The van der Waals surface area contributed by atoms with E-state index in [2.05, 4.69) is 6.92 Å². The van der Waals surface area contributed by atoms with Gasteiger partial charge in [-0.1, -0.05) is 38.3 Å². The Balaban J connectivity index is 1.82. The van der Waals surface area contributed by atoms with Crippen LogP contribution in [0.4, 0.5) is 5.69 Å². The number of piperidine rings is 1. The number of hydrogen-bond acceptors (Lipinski definition) is 4. The number of unbranched alkanes of at least 4 members (excludes halogenated alkanes) is 3. The van der Waals surface area contributed by atoms with Crippen molar-refractivity contribution in [3.63, 3.8) is 0 Å². The Labute approximate surface area is 140 Å². The standard InChI is InChI=1S/C18H22N2O4/c1-2-3-4-5-9-20-15(21)13-14(16(20)22)18(13,17(23)24)11-7-6-8-12(19)10-11/h6-8,10,13-14H,2-5,9,19H2,1H3,(H,23,24). The number of likely N-dealkylation sites (tertiary alicyclic amines) is 1. The average molecular weight is 330 g/mol. The molecular weight excluding hydrogens is 308 g/mol. The fourth-order valence-corrected chi connectivity index (χ4v) is 3.97. The molecule has 0 bridgehead atoms. The van der Waals surface area contributed by atoms with Gasteiger partial charge >= 0.3 is 5.97 Å². The maximum Gasteiger partial charge on any atom is 0.315 e. The first-order valence-corrected chi connectivity index (χ1v) is 8.40. The molecule has 2 aliphatic rings. The van der Waals surface area contributed by atoms with Crippen LogP contribution in [0, 0.1) is 11.8 Å². The molecule has 2 atom stereocenters. The second-order valence-corrected chi connectivity index (χ2v) is 6.64. The normalized spacial score (nSPS) is 28.1. The van der Waals surface area contributed by atoms with Gasteiger partial charge in [0.2, 0.25) is 11.8 Å². The zero-order valence-electron chi connectivity index (χ0n) is 13.7. The van der Waals surface area contributed by atoms with Crippen molar-refractivity contribution in [3.05, 3.63) is 29.8 Å². The van der Waals surface area contributed by atoms with Gasteiger partial charge in [0.05, 0.1) is 11.8 Å². The van der Waals surface area contributed by atoms with Crippen LogP contribution in [0.5, 0.6) is 0 Å². The SMILES string of the molecule is CCCCCCN1C(=O)C2C(C1=O)C2(C(=O)O)c1cccc(N)c1. The van der Waals surface area contributed by atoms with Gasteiger partial charge in [-0.05, 0) is 24.1 Å². The summed E-state index contributed by atoms with van der Waals surface area (Å²) in [5.74, 6) is -3.43. The lowest BCUT2D eigenvalue weighted by molar-refractivity contribution is -0.150. The Morgan fingerprint density at radius 2 is 1.88 bits per heavy atom. The number of carbonyl (C=O) groups is 3. The van der Waals surface area contributed by atoms with Crippen molar-refractivity contribution >= 4 is 23.5 Å². The third-order valence-electron chi connectivity index (χ3n) is 5.22. The lowest BCUT2D eigenvalue weighted by Crippen LogP contribution is -2.42. The molecule has 0 aromatic heterocycles. The largest absolute Gasteiger partial charge is 0.481 e. The molecule has 2 amide bonds. The number of rotatable bonds is 7. The topological polar surface area (TPSA) is 101 Å². The predicted octanol–water partition coefficient (Wildman–Crippen LogP) is 1.79. The summed E-state index contributed by atoms with van der Waals surface area (Å²) in [5, 5.41) is 9.76. The van der Waals surface area contributed by atoms with E-state index < -0.39 is 23.2 Å². The summed E-state index contributed by atoms with van der Waals surface area (Å²) in [5.41, 5.74) is 5.18. The third kappa shape index (κ3) is 2.20. The summed E-state index contributed by atoms with van der Waals surface area (Å²) < 4.78 is 0. The number of nitrogens with two attached hydrogens (primary N) is 1. The van der Waals surface area contributed by atoms with Crippen LogP contribution in [0.15, 0.2) is 24.3 Å². The average Bonchev–Trinajstić information content (AvgIpc) is 3.19. The molecule has 1 aromatic carbocycles. The number of fused-ring (bicyclic) bond motifs is 1. The molecule has 1 aromatic rings. The smallest absolute Gasteiger partial charge is 0.315 e. The Morgan fingerprint density at radius 3 is 2.42 bits per heavy atom. The zero-order valence-corrected chi connectivity index (χ0v) is 13.7. The number of carbonyl (C=O) groups excluding carboxylic acids is 2. The number of carboxylic acids is 1. The van der Waals surface area contributed by atoms with Gasteiger partial charge in [0, 0.05) is 12.2 Å². The van der Waals surface area contributed by atoms with E-state index in [4.69, 9.17) is 5.73 Å². The van der Waals surface area contributed by atoms with Crippen molar-refractivity contribution < 1.29 is 19.5 Å². The van der Waals surface area contributed by atoms with Gasteiger partial charge in [-0.3, -0.25) is 19.3 Å². The molecule has 2 unspecified atom stereocenters. The highest BCUT2D eigenvalue weighted by molar-refractivity contribution is 6.17. The first-order valence-electron chi connectivity index (χ1n) is 8.40. The minimum absolute atomic E-state index is 0.355. The lowest BCUT2D eigenvalue weighted by Gasteiger charge is -2.23. The summed E-state index contributed by atoms with van der Waals surface area (Å²) in [4.78, 5) is 38.4. The second kappa shape index (κ2) is 5.92. The van der Waals surface area contributed by atoms with Gasteiger partial charge in [0.25, 0.3) is 0 Å². The van der Waals surface area contributed by atoms with Gasteiger partial charge in [0.15, 0.2) is 0 Å². The summed E-state index contributed by atoms with van der Waals surface area (Å²) in [6.07, 6.45) is 3.86. The van der Waals surface area contributed by atoms with Crippen molar-refractivity contribution in [2.24, 2.45) is 11.8 Å². The molecule has 24 heavy (non-hydrogen) atoms. The van der Waals surface area contributed by atoms with Gasteiger partial charge in [-0.25, -0.2) is 0 Å². The van der Waals surface area contributed by atoms with Gasteiger partial charge in [0.1, 0.15) is 5.41 Å². The molecule has 1 saturated carbocycles. The maximum absolute atomic E-state index is 12.6. The van der Waals surface area contributed by atoms with Gasteiger partial charge < -0.3 is 10.8 Å². The first kappa shape index (κ1) is 16.5. The Morgan fingerprint density at radius 1 is 1.21 bits per heavy atom. The van der Waals surface area contributed by atoms with Gasteiger partial charge in [-0.2, -0.15) is 0 Å². The molecule has 1 aliphatic carbocycles. The molecular formula is C18H22N2O4. The molecule has 128 valence electrons. The van der Waals surface area contributed by atoms with Crippen LogP contribution < -0.4 is 5.73 Å². The number of nitrogen functional groups attached to an aromatic ring is 1. The molecule has 1 aliphatic heterocycles. The van der Waals surface area contributed by atoms with E-state index in [0.29, 0.717) is 17.8 Å². The number of aliphatic carboxylic acids is 1. The molecule has 2 fully saturated rings. The number of nitrogens with zero attached hydrogens (tertiary/aromatic N) is 1. The fraction of sp³-hybridized carbons (Fsp3) is 0.500. The van der Waals surface area contributed by atoms with Crippen molar-refractivity contribution in [3.8, 4) is 0 Å². The minimum Gasteiger partial charge on any atom is -0.481 e. The number of imide groups is 1. The molecule has 1 saturated heterocycles. The molecule has 1 heterocycles. The van der Waals surface area contributed by atoms with Gasteiger partial charge in [-0.15, -0.1) is 0 Å². The van der Waals surface area contributed by atoms with E-state index in [1.165, 1.54) is 4.90 Å². The minimum atomic E-state index is -1.44. The van der Waals surface area contributed by atoms with E-state index in [1.54, 1.807) is 24.3 Å².